The molecule has 0 bridgehead atoms. The Morgan fingerprint density at radius 1 is 1.75 bits per heavy atom. The van der Waals surface area contributed by atoms with Crippen molar-refractivity contribution in [3.05, 3.63) is 5.82 Å². The lowest BCUT2D eigenvalue weighted by atomic mass is 10.4. The number of carbonyl (C=O) groups is 1. The highest BCUT2D eigenvalue weighted by Gasteiger charge is 2.17. The Hall–Kier alpha value is -1.99. The van der Waals surface area contributed by atoms with Crippen LogP contribution in [0, 0.1) is 0 Å². The summed E-state index contributed by atoms with van der Waals surface area (Å²) in [5.74, 6) is -1.40. The summed E-state index contributed by atoms with van der Waals surface area (Å²) in [6.45, 7) is 0. The third-order valence-corrected chi connectivity index (χ3v) is 0.942. The maximum atomic E-state index is 10.5. The van der Waals surface area contributed by atoms with Crippen LogP contribution in [0.3, 0.4) is 0 Å². The van der Waals surface area contributed by atoms with Crippen molar-refractivity contribution in [3.63, 3.8) is 0 Å². The van der Waals surface area contributed by atoms with Crippen LogP contribution in [-0.4, -0.2) is 44.5 Å². The molecule has 0 aromatic carbocycles. The topological polar surface area (TPSA) is 113 Å². The fourth-order valence-corrected chi connectivity index (χ4v) is 0.529. The molecule has 0 unspecified atom stereocenters. The number of carboxylic acid groups (broad SMARTS) is 1. The summed E-state index contributed by atoms with van der Waals surface area (Å²) in [5, 5.41) is 23.8. The van der Waals surface area contributed by atoms with Crippen LogP contribution in [0.1, 0.15) is 5.82 Å². The van der Waals surface area contributed by atoms with Gasteiger partial charge in [-0.15, -0.1) is 10.2 Å². The van der Waals surface area contributed by atoms with Crippen molar-refractivity contribution in [1.29, 1.82) is 0 Å². The van der Waals surface area contributed by atoms with Gasteiger partial charge in [-0.25, -0.2) is 4.79 Å². The van der Waals surface area contributed by atoms with Gasteiger partial charge in [0.2, 0.25) is 11.5 Å². The molecule has 1 aromatic heterocycles. The Bertz CT molecular complexity index is 292. The van der Waals surface area contributed by atoms with Crippen molar-refractivity contribution in [2.24, 2.45) is 5.16 Å². The number of tetrazole rings is 1. The summed E-state index contributed by atoms with van der Waals surface area (Å²) in [7, 11) is 1.23. The SMILES string of the molecule is CON=C(C(=O)O)c1nn[nH]n1. The molecule has 0 aliphatic rings. The Labute approximate surface area is 66.2 Å². The van der Waals surface area contributed by atoms with Crippen LogP contribution >= 0.6 is 0 Å². The van der Waals surface area contributed by atoms with E-state index in [1.807, 2.05) is 0 Å². The van der Waals surface area contributed by atoms with Crippen molar-refractivity contribution < 1.29 is 14.7 Å². The van der Waals surface area contributed by atoms with Gasteiger partial charge in [0.15, 0.2) is 0 Å². The molecule has 0 atom stereocenters. The van der Waals surface area contributed by atoms with Gasteiger partial charge in [-0.3, -0.25) is 0 Å². The molecule has 0 aliphatic carbocycles. The lowest BCUT2D eigenvalue weighted by Crippen LogP contribution is -2.16. The zero-order valence-corrected chi connectivity index (χ0v) is 6.05. The molecule has 0 radical (unpaired) electrons. The first kappa shape index (κ1) is 8.11. The number of nitrogens with zero attached hydrogens (tertiary/aromatic N) is 4. The van der Waals surface area contributed by atoms with Gasteiger partial charge in [-0.2, -0.15) is 5.21 Å². The number of aromatic nitrogens is 4. The van der Waals surface area contributed by atoms with E-state index in [1.165, 1.54) is 7.11 Å². The Kier molecular flexibility index (Phi) is 2.31. The van der Waals surface area contributed by atoms with E-state index in [9.17, 15) is 4.79 Å². The Balaban J connectivity index is 2.96. The Morgan fingerprint density at radius 2 is 2.50 bits per heavy atom. The molecule has 8 heteroatoms. The molecule has 0 spiro atoms. The maximum Gasteiger partial charge on any atom is 0.362 e. The average Bonchev–Trinajstić information content (AvgIpc) is 2.51. The van der Waals surface area contributed by atoms with Gasteiger partial charge in [0.1, 0.15) is 7.11 Å². The largest absolute Gasteiger partial charge is 0.476 e. The first-order valence-corrected chi connectivity index (χ1v) is 2.84. The van der Waals surface area contributed by atoms with E-state index in [0.29, 0.717) is 0 Å². The number of hydrogen-bond donors (Lipinski definition) is 2. The molecule has 12 heavy (non-hydrogen) atoms. The standard InChI is InChI=1S/C4H5N5O3/c1-12-7-2(4(10)11)3-5-8-9-6-3/h1H3,(H,10,11)(H,5,6,8,9). The minimum absolute atomic E-state index is 0.121. The molecule has 64 valence electrons. The monoisotopic (exact) mass is 171 g/mol. The number of hydrogen-bond acceptors (Lipinski definition) is 6. The number of carboxylic acids is 1. The van der Waals surface area contributed by atoms with Crippen LogP contribution in [0.4, 0.5) is 0 Å². The van der Waals surface area contributed by atoms with E-state index in [0.717, 1.165) is 0 Å². The summed E-state index contributed by atoms with van der Waals surface area (Å²) < 4.78 is 0. The van der Waals surface area contributed by atoms with Crippen molar-refractivity contribution in [3.8, 4) is 0 Å². The molecule has 1 rings (SSSR count). The van der Waals surface area contributed by atoms with Gasteiger partial charge in [0.25, 0.3) is 0 Å². The second-order valence-corrected chi connectivity index (χ2v) is 1.66. The number of aliphatic carboxylic acids is 1. The third-order valence-electron chi connectivity index (χ3n) is 0.942. The molecule has 0 amide bonds. The van der Waals surface area contributed by atoms with Crippen LogP contribution in [0.25, 0.3) is 0 Å². The highest BCUT2D eigenvalue weighted by molar-refractivity contribution is 6.41. The van der Waals surface area contributed by atoms with Gasteiger partial charge in [0.05, 0.1) is 0 Å². The molecule has 1 aromatic rings. The zero-order valence-electron chi connectivity index (χ0n) is 6.05. The van der Waals surface area contributed by atoms with Gasteiger partial charge in [-0.1, -0.05) is 5.16 Å². The second kappa shape index (κ2) is 3.42. The van der Waals surface area contributed by atoms with E-state index >= 15 is 0 Å². The summed E-state index contributed by atoms with van der Waals surface area (Å²) in [6.07, 6.45) is 0. The first-order valence-electron chi connectivity index (χ1n) is 2.84. The van der Waals surface area contributed by atoms with Crippen molar-refractivity contribution in [1.82, 2.24) is 20.6 Å². The summed E-state index contributed by atoms with van der Waals surface area (Å²) >= 11 is 0. The van der Waals surface area contributed by atoms with Gasteiger partial charge >= 0.3 is 5.97 Å². The fraction of sp³-hybridized carbons (Fsp3) is 0.250. The maximum absolute atomic E-state index is 10.5. The van der Waals surface area contributed by atoms with Gasteiger partial charge in [0, 0.05) is 0 Å². The minimum atomic E-state index is -1.28. The minimum Gasteiger partial charge on any atom is -0.476 e. The molecular formula is C4H5N5O3. The van der Waals surface area contributed by atoms with Crippen LogP contribution in [0.5, 0.6) is 0 Å². The summed E-state index contributed by atoms with van der Waals surface area (Å²) in [4.78, 5) is 14.7. The number of H-pyrrole nitrogens is 1. The van der Waals surface area contributed by atoms with Crippen LogP contribution in [0.2, 0.25) is 0 Å². The molecule has 8 nitrogen and oxygen atoms in total. The predicted molar refractivity (Wildman–Crippen MR) is 35.4 cm³/mol. The summed E-state index contributed by atoms with van der Waals surface area (Å²) in [6, 6.07) is 0. The van der Waals surface area contributed by atoms with Gasteiger partial charge < -0.3 is 9.94 Å². The molecule has 0 saturated carbocycles. The fourth-order valence-electron chi connectivity index (χ4n) is 0.529. The quantitative estimate of drug-likeness (QED) is 0.428. The van der Waals surface area contributed by atoms with Crippen LogP contribution in [0.15, 0.2) is 5.16 Å². The van der Waals surface area contributed by atoms with Crippen LogP contribution < -0.4 is 0 Å². The van der Waals surface area contributed by atoms with Crippen molar-refractivity contribution >= 4 is 11.7 Å². The highest BCUT2D eigenvalue weighted by atomic mass is 16.6. The number of oxime groups is 1. The van der Waals surface area contributed by atoms with Crippen LogP contribution in [-0.2, 0) is 9.63 Å². The lowest BCUT2D eigenvalue weighted by Gasteiger charge is -1.91. The molecule has 0 aliphatic heterocycles. The Morgan fingerprint density at radius 3 is 2.92 bits per heavy atom. The number of nitrogens with one attached hydrogen (secondary N) is 1. The number of aromatic amines is 1. The first-order chi connectivity index (χ1) is 5.75. The molecule has 0 saturated heterocycles. The summed E-state index contributed by atoms with van der Waals surface area (Å²) in [5.41, 5.74) is -0.397. The van der Waals surface area contributed by atoms with E-state index in [4.69, 9.17) is 5.11 Å². The number of rotatable bonds is 3. The lowest BCUT2D eigenvalue weighted by molar-refractivity contribution is -0.129. The normalized spacial score (nSPS) is 11.2. The van der Waals surface area contributed by atoms with Gasteiger partial charge in [-0.05, 0) is 5.21 Å². The second-order valence-electron chi connectivity index (χ2n) is 1.66. The molecule has 1 heterocycles. The van der Waals surface area contributed by atoms with E-state index in [-0.39, 0.29) is 5.82 Å². The predicted octanol–water partition coefficient (Wildman–Crippen LogP) is -1.37. The molecular weight excluding hydrogens is 166 g/mol. The zero-order chi connectivity index (χ0) is 8.97. The van der Waals surface area contributed by atoms with E-state index in [1.54, 1.807) is 0 Å². The molecule has 2 N–H and O–H groups in total. The van der Waals surface area contributed by atoms with E-state index < -0.39 is 11.7 Å². The third kappa shape index (κ3) is 1.54. The molecule has 0 fully saturated rings. The highest BCUT2D eigenvalue weighted by Crippen LogP contribution is 1.90. The average molecular weight is 171 g/mol. The van der Waals surface area contributed by atoms with Crippen molar-refractivity contribution in [2.75, 3.05) is 7.11 Å². The smallest absolute Gasteiger partial charge is 0.362 e. The van der Waals surface area contributed by atoms with Crippen molar-refractivity contribution in [2.45, 2.75) is 0 Å². The van der Waals surface area contributed by atoms with E-state index in [2.05, 4.69) is 30.6 Å².